The molecule has 2 atom stereocenters. The smallest absolute Gasteiger partial charge is 0.262 e. The molecular formula is C39H50N4O4S. The van der Waals surface area contributed by atoms with Crippen molar-refractivity contribution >= 4 is 28.7 Å². The molecule has 1 saturated heterocycles. The van der Waals surface area contributed by atoms with Crippen molar-refractivity contribution in [2.24, 2.45) is 23.7 Å². The van der Waals surface area contributed by atoms with Gasteiger partial charge in [0.1, 0.15) is 6.04 Å². The van der Waals surface area contributed by atoms with Crippen LogP contribution in [0.4, 0.5) is 0 Å². The van der Waals surface area contributed by atoms with Gasteiger partial charge in [-0.1, -0.05) is 69.9 Å². The van der Waals surface area contributed by atoms with E-state index in [0.29, 0.717) is 17.1 Å². The van der Waals surface area contributed by atoms with Crippen LogP contribution in [0.1, 0.15) is 97.3 Å². The van der Waals surface area contributed by atoms with Crippen molar-refractivity contribution in [3.63, 3.8) is 0 Å². The Morgan fingerprint density at radius 1 is 0.938 bits per heavy atom. The third kappa shape index (κ3) is 8.24. The first-order chi connectivity index (χ1) is 23.3. The molecular weight excluding hydrogens is 621 g/mol. The molecule has 2 aliphatic carbocycles. The number of rotatable bonds is 12. The van der Waals surface area contributed by atoms with Crippen molar-refractivity contribution in [2.45, 2.75) is 96.8 Å². The first kappa shape index (κ1) is 34.5. The zero-order valence-corrected chi connectivity index (χ0v) is 29.1. The number of aromatic nitrogens is 2. The van der Waals surface area contributed by atoms with Crippen LogP contribution in [0.3, 0.4) is 0 Å². The maximum atomic E-state index is 13.4. The average molecular weight is 671 g/mol. The van der Waals surface area contributed by atoms with E-state index in [4.69, 9.17) is 9.97 Å². The summed E-state index contributed by atoms with van der Waals surface area (Å²) in [4.78, 5) is 39.2. The maximum Gasteiger partial charge on any atom is 0.262 e. The highest BCUT2D eigenvalue weighted by Gasteiger charge is 2.38. The number of hydrogen-bond donors (Lipinski definition) is 3. The van der Waals surface area contributed by atoms with Crippen molar-refractivity contribution in [3.05, 3.63) is 75.7 Å². The van der Waals surface area contributed by atoms with Crippen LogP contribution in [0, 0.1) is 23.7 Å². The summed E-state index contributed by atoms with van der Waals surface area (Å²) in [5.41, 5.74) is 4.26. The normalized spacial score (nSPS) is 22.2. The fraction of sp³-hybridized carbons (Fsp3) is 0.538. The molecule has 9 heteroatoms. The molecule has 0 radical (unpaired) electrons. The zero-order chi connectivity index (χ0) is 33.6. The number of hydrogen-bond acceptors (Lipinski definition) is 7. The van der Waals surface area contributed by atoms with Gasteiger partial charge in [-0.2, -0.15) is 0 Å². The maximum absolute atomic E-state index is 13.4. The van der Waals surface area contributed by atoms with E-state index in [1.807, 2.05) is 49.6 Å². The second kappa shape index (κ2) is 15.9. The lowest BCUT2D eigenvalue weighted by atomic mass is 9.70. The number of carbonyl (C=O) groups is 2. The van der Waals surface area contributed by atoms with E-state index in [2.05, 4.69) is 18.3 Å². The molecule has 48 heavy (non-hydrogen) atoms. The first-order valence-electron chi connectivity index (χ1n) is 18.0. The minimum absolute atomic E-state index is 0.224. The molecule has 8 nitrogen and oxygen atoms in total. The summed E-state index contributed by atoms with van der Waals surface area (Å²) < 4.78 is 0. The van der Waals surface area contributed by atoms with Crippen molar-refractivity contribution in [1.82, 2.24) is 20.2 Å². The number of nitrogens with zero attached hydrogens (tertiary/aromatic N) is 3. The van der Waals surface area contributed by atoms with Gasteiger partial charge in [-0.3, -0.25) is 9.59 Å². The van der Waals surface area contributed by atoms with Gasteiger partial charge >= 0.3 is 0 Å². The summed E-state index contributed by atoms with van der Waals surface area (Å²) >= 11 is 1.43. The van der Waals surface area contributed by atoms with Gasteiger partial charge in [0.25, 0.3) is 5.91 Å². The third-order valence-electron chi connectivity index (χ3n) is 10.9. The van der Waals surface area contributed by atoms with E-state index >= 15 is 0 Å². The number of likely N-dealkylation sites (tertiary alicyclic amines) is 1. The monoisotopic (exact) mass is 670 g/mol. The Bertz CT molecular complexity index is 1550. The first-order valence-corrected chi connectivity index (χ1v) is 18.8. The predicted octanol–water partition coefficient (Wildman–Crippen LogP) is 6.67. The highest BCUT2D eigenvalue weighted by Crippen LogP contribution is 2.42. The van der Waals surface area contributed by atoms with Crippen molar-refractivity contribution < 1.29 is 19.8 Å². The minimum atomic E-state index is -1.46. The third-order valence-corrected chi connectivity index (χ3v) is 12.1. The number of allylic oxidation sites excluding steroid dienone is 2. The van der Waals surface area contributed by atoms with Crippen LogP contribution in [0.2, 0.25) is 0 Å². The Morgan fingerprint density at radius 3 is 2.27 bits per heavy atom. The number of thiophene rings is 1. The van der Waals surface area contributed by atoms with Gasteiger partial charge in [0.2, 0.25) is 5.91 Å². The molecule has 0 spiro atoms. The minimum Gasteiger partial charge on any atom is -0.368 e. The molecule has 2 aromatic heterocycles. The van der Waals surface area contributed by atoms with E-state index in [-0.39, 0.29) is 30.8 Å². The molecule has 3 heterocycles. The lowest BCUT2D eigenvalue weighted by Gasteiger charge is -2.41. The molecule has 2 fully saturated rings. The van der Waals surface area contributed by atoms with Crippen molar-refractivity contribution in [2.75, 3.05) is 13.1 Å². The van der Waals surface area contributed by atoms with Gasteiger partial charge < -0.3 is 20.4 Å². The second-order valence-corrected chi connectivity index (χ2v) is 15.3. The average Bonchev–Trinajstić information content (AvgIpc) is 3.58. The topological polar surface area (TPSA) is 116 Å². The highest BCUT2D eigenvalue weighted by atomic mass is 32.1. The van der Waals surface area contributed by atoms with Gasteiger partial charge in [-0.15, -0.1) is 11.3 Å². The molecule has 256 valence electrons. The van der Waals surface area contributed by atoms with E-state index < -0.39 is 12.3 Å². The van der Waals surface area contributed by atoms with E-state index in [0.717, 1.165) is 52.2 Å². The Kier molecular flexibility index (Phi) is 11.4. The summed E-state index contributed by atoms with van der Waals surface area (Å²) in [7, 11) is 0. The molecule has 2 unspecified atom stereocenters. The molecule has 2 amide bonds. The number of nitrogens with one attached hydrogen (secondary N) is 1. The molecule has 1 aromatic carbocycles. The van der Waals surface area contributed by atoms with Gasteiger partial charge in [-0.05, 0) is 79.5 Å². The van der Waals surface area contributed by atoms with Crippen molar-refractivity contribution in [3.8, 4) is 11.4 Å². The quantitative estimate of drug-likeness (QED) is 0.186. The molecule has 6 rings (SSSR count). The number of benzene rings is 1. The van der Waals surface area contributed by atoms with Crippen LogP contribution in [-0.4, -0.2) is 62.3 Å². The molecule has 1 saturated carbocycles. The number of amides is 2. The van der Waals surface area contributed by atoms with Crippen LogP contribution >= 0.6 is 11.3 Å². The Morgan fingerprint density at radius 2 is 1.67 bits per heavy atom. The zero-order valence-electron chi connectivity index (χ0n) is 28.3. The fourth-order valence-electron chi connectivity index (χ4n) is 7.79. The van der Waals surface area contributed by atoms with E-state index in [1.165, 1.54) is 68.3 Å². The predicted molar refractivity (Wildman–Crippen MR) is 190 cm³/mol. The van der Waals surface area contributed by atoms with Gasteiger partial charge in [0.15, 0.2) is 12.1 Å². The van der Waals surface area contributed by atoms with Crippen LogP contribution < -0.4 is 5.32 Å². The van der Waals surface area contributed by atoms with E-state index in [1.54, 1.807) is 11.0 Å². The highest BCUT2D eigenvalue weighted by molar-refractivity contribution is 7.14. The molecule has 1 aliphatic heterocycles. The lowest BCUT2D eigenvalue weighted by Crippen LogP contribution is -2.59. The molecule has 3 aromatic rings. The van der Waals surface area contributed by atoms with Gasteiger partial charge in [-0.25, -0.2) is 9.97 Å². The lowest BCUT2D eigenvalue weighted by molar-refractivity contribution is -0.157. The Labute approximate surface area is 288 Å². The van der Waals surface area contributed by atoms with E-state index in [9.17, 15) is 19.8 Å². The summed E-state index contributed by atoms with van der Waals surface area (Å²) in [6.07, 6.45) is 17.9. The van der Waals surface area contributed by atoms with Crippen LogP contribution in [0.25, 0.3) is 17.0 Å². The number of aliphatic hydroxyl groups excluding tert-OH is 1. The van der Waals surface area contributed by atoms with Crippen molar-refractivity contribution in [1.29, 1.82) is 0 Å². The van der Waals surface area contributed by atoms with Gasteiger partial charge in [0.05, 0.1) is 4.88 Å². The van der Waals surface area contributed by atoms with Crippen LogP contribution in [0.15, 0.2) is 54.9 Å². The number of aliphatic hydroxyl groups is 2. The summed E-state index contributed by atoms with van der Waals surface area (Å²) in [5.74, 6) is 2.45. The van der Waals surface area contributed by atoms with Gasteiger partial charge in [0, 0.05) is 53.8 Å². The number of carbonyl (C=O) groups excluding carboxylic acids is 2. The Balaban J connectivity index is 1.07. The molecule has 3 N–H and O–H groups in total. The van der Waals surface area contributed by atoms with Crippen LogP contribution in [-0.2, 0) is 17.6 Å². The Hall–Kier alpha value is -3.40. The summed E-state index contributed by atoms with van der Waals surface area (Å²) in [5, 5.41) is 21.9. The van der Waals surface area contributed by atoms with Crippen LogP contribution in [0.5, 0.6) is 0 Å². The second-order valence-electron chi connectivity index (χ2n) is 14.1. The standard InChI is InChI=1S/C39H50N4O4S/c1-3-5-25-6-10-27(11-7-25)28-14-16-29(17-15-28)31-21-40-36(41-22-31)30-12-8-26(9-13-30)20-34(38(45)43-23-32(24-43)39(46)47)42-37(44)35-19-18-33(4-2)48-35/h8-9,12-13,16,18-19,21-22,25,27-28,32,34,39,46-47H,3-7,10-11,14-15,17,20,23-24H2,1-2H3,(H,42,44). The molecule has 0 bridgehead atoms. The largest absolute Gasteiger partial charge is 0.368 e. The summed E-state index contributed by atoms with van der Waals surface area (Å²) in [6.45, 7) is 4.86. The number of aryl methyl sites for hydroxylation is 1. The fourth-order valence-corrected chi connectivity index (χ4v) is 8.64. The summed E-state index contributed by atoms with van der Waals surface area (Å²) in [6, 6.07) is 10.8. The molecule has 3 aliphatic rings. The SMILES string of the molecule is CCCC1CCC(C2CC=C(c3cnc(-c4ccc(CC(NC(=O)c5ccc(CC)s5)C(=O)N5CC(C(O)O)C5)cc4)nc3)CC2)CC1.